The molecule has 1 aliphatic rings. The van der Waals surface area contributed by atoms with Crippen molar-refractivity contribution in [3.05, 3.63) is 29.8 Å². The summed E-state index contributed by atoms with van der Waals surface area (Å²) >= 11 is 0. The van der Waals surface area contributed by atoms with E-state index in [0.717, 1.165) is 12.8 Å². The Labute approximate surface area is 308 Å². The Balaban J connectivity index is 2.37. The highest BCUT2D eigenvalue weighted by atomic mass is 16.6. The fourth-order valence-electron chi connectivity index (χ4n) is 6.55. The van der Waals surface area contributed by atoms with Crippen molar-refractivity contribution in [3.8, 4) is 0 Å². The zero-order valence-electron chi connectivity index (χ0n) is 31.4. The van der Waals surface area contributed by atoms with Gasteiger partial charge in [0.05, 0.1) is 67.0 Å². The smallest absolute Gasteiger partial charge is 0.320 e. The summed E-state index contributed by atoms with van der Waals surface area (Å²) in [7, 11) is 7.37. The second-order valence-corrected chi connectivity index (χ2v) is 12.8. The minimum absolute atomic E-state index is 0.0976. The van der Waals surface area contributed by atoms with Crippen molar-refractivity contribution in [1.29, 1.82) is 0 Å². The monoisotopic (exact) mass is 752 g/mol. The number of carbonyl (C=O) groups excluding carboxylic acids is 5. The van der Waals surface area contributed by atoms with Gasteiger partial charge < -0.3 is 48.9 Å². The topological polar surface area (TPSA) is 231 Å². The first kappa shape index (κ1) is 44.6. The Morgan fingerprint density at radius 1 is 0.811 bits per heavy atom. The number of ether oxygens (including phenoxy) is 6. The fourth-order valence-corrected chi connectivity index (χ4v) is 6.55. The molecule has 53 heavy (non-hydrogen) atoms. The van der Waals surface area contributed by atoms with E-state index < -0.39 is 108 Å². The maximum atomic E-state index is 13.6. The number of carbonyl (C=O) groups is 7. The lowest BCUT2D eigenvalue weighted by Gasteiger charge is -2.35. The number of aliphatic carboxylic acids is 2. The number of amides is 1. The largest absolute Gasteiger partial charge is 0.481 e. The average molecular weight is 753 g/mol. The van der Waals surface area contributed by atoms with E-state index in [4.69, 9.17) is 28.4 Å². The van der Waals surface area contributed by atoms with Crippen LogP contribution in [0.4, 0.5) is 5.69 Å². The number of carboxylic acid groups (broad SMARTS) is 2. The number of esters is 4. The molecule has 1 saturated heterocycles. The molecule has 2 rings (SSSR count). The third kappa shape index (κ3) is 11.7. The standard InChI is InChI=1S/C36H52N2O15/c1-9-24(48-6)28(35(46)52-16-15-37-30(39)20-11-13-21(14-12-20)38(4)5)22(31(40)41)18-26(50-8)29(34(45)51-10-2)23(32(42)43)17-25(49-7)27-19(3)33(44)53-36(27)47/h11-14,19,22-29H,9-10,15-18H2,1-8H3,(H,37,39)(H,40,41)(H,42,43). The van der Waals surface area contributed by atoms with Gasteiger partial charge in [0.15, 0.2) is 0 Å². The number of hydrogen-bond acceptors (Lipinski definition) is 14. The summed E-state index contributed by atoms with van der Waals surface area (Å²) in [4.78, 5) is 91.9. The third-order valence-electron chi connectivity index (χ3n) is 9.48. The van der Waals surface area contributed by atoms with Crippen LogP contribution in [-0.4, -0.2) is 125 Å². The molecule has 1 aromatic rings. The maximum absolute atomic E-state index is 13.6. The first-order valence-electron chi connectivity index (χ1n) is 17.3. The van der Waals surface area contributed by atoms with Gasteiger partial charge in [-0.05, 0) is 50.5 Å². The van der Waals surface area contributed by atoms with Crippen molar-refractivity contribution in [1.82, 2.24) is 5.32 Å². The van der Waals surface area contributed by atoms with Crippen molar-refractivity contribution in [2.24, 2.45) is 35.5 Å². The summed E-state index contributed by atoms with van der Waals surface area (Å²) < 4.78 is 31.9. The van der Waals surface area contributed by atoms with Gasteiger partial charge in [0.1, 0.15) is 6.61 Å². The Hall–Kier alpha value is -4.61. The van der Waals surface area contributed by atoms with Gasteiger partial charge in [-0.15, -0.1) is 0 Å². The Morgan fingerprint density at radius 3 is 1.81 bits per heavy atom. The SMILES string of the molecule is CCOC(=O)C(C(CC(C(=O)O)C(C(=O)OCCNC(=O)c1ccc(N(C)C)cc1)C(CC)OC)OC)C(CC(OC)C1C(=O)OC(=O)C1C)C(=O)O. The Bertz CT molecular complexity index is 1430. The lowest BCUT2D eigenvalue weighted by atomic mass is 9.75. The van der Waals surface area contributed by atoms with Crippen molar-refractivity contribution in [2.45, 2.75) is 58.3 Å². The Morgan fingerprint density at radius 2 is 1.36 bits per heavy atom. The highest BCUT2D eigenvalue weighted by molar-refractivity contribution is 5.96. The molecule has 9 atom stereocenters. The van der Waals surface area contributed by atoms with Crippen LogP contribution in [0.3, 0.4) is 0 Å². The molecule has 1 aromatic carbocycles. The quantitative estimate of drug-likeness (QED) is 0.0626. The molecule has 0 aliphatic carbocycles. The predicted octanol–water partition coefficient (Wildman–Crippen LogP) is 1.79. The van der Waals surface area contributed by atoms with Crippen LogP contribution in [0.1, 0.15) is 50.4 Å². The van der Waals surface area contributed by atoms with E-state index in [9.17, 15) is 43.8 Å². The average Bonchev–Trinajstić information content (AvgIpc) is 3.38. The molecular weight excluding hydrogens is 700 g/mol. The molecule has 0 bridgehead atoms. The van der Waals surface area contributed by atoms with Gasteiger partial charge in [-0.2, -0.15) is 0 Å². The minimum atomic E-state index is -1.67. The van der Waals surface area contributed by atoms with Gasteiger partial charge >= 0.3 is 35.8 Å². The molecular formula is C36H52N2O15. The minimum Gasteiger partial charge on any atom is -0.481 e. The van der Waals surface area contributed by atoms with E-state index >= 15 is 0 Å². The van der Waals surface area contributed by atoms with Crippen LogP contribution in [0, 0.1) is 35.5 Å². The van der Waals surface area contributed by atoms with Crippen molar-refractivity contribution in [2.75, 3.05) is 60.1 Å². The molecule has 1 amide bonds. The normalized spacial score (nSPS) is 19.5. The molecule has 296 valence electrons. The predicted molar refractivity (Wildman–Crippen MR) is 186 cm³/mol. The van der Waals surface area contributed by atoms with Gasteiger partial charge in [-0.1, -0.05) is 13.8 Å². The van der Waals surface area contributed by atoms with Gasteiger partial charge in [0, 0.05) is 46.7 Å². The first-order valence-corrected chi connectivity index (χ1v) is 17.3. The Kier molecular flexibility index (Phi) is 17.8. The number of methoxy groups -OCH3 is 3. The van der Waals surface area contributed by atoms with E-state index in [-0.39, 0.29) is 26.2 Å². The van der Waals surface area contributed by atoms with Gasteiger partial charge in [-0.25, -0.2) is 0 Å². The number of benzene rings is 1. The van der Waals surface area contributed by atoms with Crippen molar-refractivity contribution in [3.63, 3.8) is 0 Å². The summed E-state index contributed by atoms with van der Waals surface area (Å²) in [6, 6.07) is 6.81. The van der Waals surface area contributed by atoms with Crippen molar-refractivity contribution >= 4 is 47.4 Å². The van der Waals surface area contributed by atoms with Crippen LogP contribution in [0.5, 0.6) is 0 Å². The fraction of sp³-hybridized carbons (Fsp3) is 0.639. The van der Waals surface area contributed by atoms with Gasteiger partial charge in [0.2, 0.25) is 0 Å². The van der Waals surface area contributed by atoms with Gasteiger partial charge in [0.25, 0.3) is 5.91 Å². The molecule has 17 heteroatoms. The van der Waals surface area contributed by atoms with E-state index in [0.29, 0.717) is 5.56 Å². The summed E-state index contributed by atoms with van der Waals surface area (Å²) in [6.45, 7) is 4.01. The lowest BCUT2D eigenvalue weighted by molar-refractivity contribution is -0.172. The number of nitrogens with one attached hydrogen (secondary N) is 1. The molecule has 1 heterocycles. The second kappa shape index (κ2) is 21.2. The molecule has 1 aliphatic heterocycles. The van der Waals surface area contributed by atoms with Crippen molar-refractivity contribution < 1.29 is 72.2 Å². The zero-order chi connectivity index (χ0) is 40.0. The zero-order valence-corrected chi connectivity index (χ0v) is 31.4. The van der Waals surface area contributed by atoms with E-state index in [1.807, 2.05) is 19.0 Å². The van der Waals surface area contributed by atoms with E-state index in [1.165, 1.54) is 28.1 Å². The van der Waals surface area contributed by atoms with Crippen LogP contribution in [-0.2, 0) is 57.2 Å². The first-order chi connectivity index (χ1) is 25.1. The molecule has 3 N–H and O–H groups in total. The number of rotatable bonds is 23. The number of cyclic esters (lactones) is 2. The molecule has 0 saturated carbocycles. The highest BCUT2D eigenvalue weighted by Gasteiger charge is 2.51. The molecule has 0 radical (unpaired) electrons. The molecule has 17 nitrogen and oxygen atoms in total. The molecule has 0 spiro atoms. The number of carboxylic acids is 2. The maximum Gasteiger partial charge on any atom is 0.320 e. The highest BCUT2D eigenvalue weighted by Crippen LogP contribution is 2.37. The lowest BCUT2D eigenvalue weighted by Crippen LogP contribution is -2.47. The molecule has 1 fully saturated rings. The summed E-state index contributed by atoms with van der Waals surface area (Å²) in [5.41, 5.74) is 1.27. The van der Waals surface area contributed by atoms with E-state index in [1.54, 1.807) is 31.2 Å². The van der Waals surface area contributed by atoms with Crippen LogP contribution in [0.2, 0.25) is 0 Å². The summed E-state index contributed by atoms with van der Waals surface area (Å²) in [5.74, 6) is -15.7. The number of nitrogens with zero attached hydrogens (tertiary/aromatic N) is 1. The molecule has 9 unspecified atom stereocenters. The van der Waals surface area contributed by atoms with Crippen LogP contribution < -0.4 is 10.2 Å². The second-order valence-electron chi connectivity index (χ2n) is 12.8. The van der Waals surface area contributed by atoms with Crippen LogP contribution in [0.25, 0.3) is 0 Å². The summed E-state index contributed by atoms with van der Waals surface area (Å²) in [6.07, 6.45) is -4.56. The number of hydrogen-bond donors (Lipinski definition) is 3. The number of anilines is 1. The van der Waals surface area contributed by atoms with Crippen LogP contribution >= 0.6 is 0 Å². The van der Waals surface area contributed by atoms with Gasteiger partial charge in [-0.3, -0.25) is 33.6 Å². The third-order valence-corrected chi connectivity index (χ3v) is 9.48. The summed E-state index contributed by atoms with van der Waals surface area (Å²) in [5, 5.41) is 23.5. The van der Waals surface area contributed by atoms with E-state index in [2.05, 4.69) is 5.32 Å². The molecule has 0 aromatic heterocycles. The van der Waals surface area contributed by atoms with Crippen LogP contribution in [0.15, 0.2) is 24.3 Å².